The van der Waals surface area contributed by atoms with Crippen LogP contribution in [0.4, 0.5) is 0 Å². The molecule has 1 N–H and O–H groups in total. The second kappa shape index (κ2) is 8.07. The summed E-state index contributed by atoms with van der Waals surface area (Å²) in [5.74, 6) is 1.57. The Labute approximate surface area is 155 Å². The third kappa shape index (κ3) is 4.00. The first kappa shape index (κ1) is 18.7. The molecule has 2 aromatic carbocycles. The van der Waals surface area contributed by atoms with Gasteiger partial charge in [-0.1, -0.05) is 18.2 Å². The van der Waals surface area contributed by atoms with Gasteiger partial charge in [0.2, 0.25) is 10.0 Å². The average Bonchev–Trinajstić information content (AvgIpc) is 2.69. The molecule has 0 radical (unpaired) electrons. The Bertz CT molecular complexity index is 832. The molecular weight excluding hydrogens is 352 g/mol. The highest BCUT2D eigenvalue weighted by Gasteiger charge is 2.30. The number of nitrogens with one attached hydrogen (secondary N) is 1. The maximum atomic E-state index is 12.7. The molecule has 0 bridgehead atoms. The van der Waals surface area contributed by atoms with E-state index in [9.17, 15) is 8.42 Å². The molecule has 1 heterocycles. The Hall–Kier alpha value is -2.09. The highest BCUT2D eigenvalue weighted by molar-refractivity contribution is 7.89. The van der Waals surface area contributed by atoms with Gasteiger partial charge in [0.05, 0.1) is 45.3 Å². The molecule has 0 aromatic heterocycles. The lowest BCUT2D eigenvalue weighted by Crippen LogP contribution is -3.13. The predicted octanol–water partition coefficient (Wildman–Crippen LogP) is 0.793. The number of sulfonamides is 1. The number of methoxy groups -OCH3 is 2. The Morgan fingerprint density at radius 2 is 1.69 bits per heavy atom. The summed E-state index contributed by atoms with van der Waals surface area (Å²) in [5.41, 5.74) is 1.10. The van der Waals surface area contributed by atoms with Crippen LogP contribution in [0.15, 0.2) is 53.4 Å². The van der Waals surface area contributed by atoms with Gasteiger partial charge in [0.1, 0.15) is 18.0 Å². The van der Waals surface area contributed by atoms with E-state index >= 15 is 0 Å². The molecule has 0 unspecified atom stereocenters. The molecular formula is C19H25N2O4S+. The van der Waals surface area contributed by atoms with Crippen molar-refractivity contribution in [3.05, 3.63) is 54.1 Å². The fraction of sp³-hybridized carbons (Fsp3) is 0.368. The molecule has 1 saturated heterocycles. The van der Waals surface area contributed by atoms with Crippen LogP contribution in [0.25, 0.3) is 0 Å². The highest BCUT2D eigenvalue weighted by atomic mass is 32.2. The van der Waals surface area contributed by atoms with Crippen LogP contribution in [0.5, 0.6) is 11.5 Å². The summed E-state index contributed by atoms with van der Waals surface area (Å²) in [5, 5.41) is 0. The van der Waals surface area contributed by atoms with Gasteiger partial charge in [0.15, 0.2) is 0 Å². The van der Waals surface area contributed by atoms with Crippen LogP contribution in [0, 0.1) is 0 Å². The van der Waals surface area contributed by atoms with Crippen molar-refractivity contribution in [2.24, 2.45) is 0 Å². The van der Waals surface area contributed by atoms with E-state index in [-0.39, 0.29) is 0 Å². The molecule has 140 valence electrons. The Kier molecular flexibility index (Phi) is 5.80. The number of rotatable bonds is 6. The van der Waals surface area contributed by atoms with Crippen molar-refractivity contribution in [1.29, 1.82) is 0 Å². The lowest BCUT2D eigenvalue weighted by Gasteiger charge is -2.31. The van der Waals surface area contributed by atoms with E-state index in [0.29, 0.717) is 18.0 Å². The van der Waals surface area contributed by atoms with Crippen molar-refractivity contribution in [3.8, 4) is 11.5 Å². The molecule has 0 atom stereocenters. The van der Waals surface area contributed by atoms with Crippen LogP contribution < -0.4 is 14.4 Å². The molecule has 0 spiro atoms. The minimum Gasteiger partial charge on any atom is -0.497 e. The molecule has 6 nitrogen and oxygen atoms in total. The molecule has 3 rings (SSSR count). The Balaban J connectivity index is 1.64. The third-order valence-corrected chi connectivity index (χ3v) is 6.66. The number of piperazine rings is 1. The van der Waals surface area contributed by atoms with E-state index in [1.165, 1.54) is 4.90 Å². The van der Waals surface area contributed by atoms with Gasteiger partial charge in [0, 0.05) is 11.6 Å². The van der Waals surface area contributed by atoms with E-state index in [0.717, 1.165) is 36.7 Å². The van der Waals surface area contributed by atoms with Crippen LogP contribution in [-0.2, 0) is 16.6 Å². The van der Waals surface area contributed by atoms with E-state index in [1.54, 1.807) is 42.8 Å². The molecule has 0 saturated carbocycles. The summed E-state index contributed by atoms with van der Waals surface area (Å²) in [6, 6.07) is 14.4. The SMILES string of the molecule is COc1ccc(C[NH+]2CCN(S(=O)(=O)c3ccccc3)CC2)c(OC)c1. The monoisotopic (exact) mass is 377 g/mol. The van der Waals surface area contributed by atoms with Gasteiger partial charge in [-0.2, -0.15) is 4.31 Å². The molecule has 1 aliphatic rings. The lowest BCUT2D eigenvalue weighted by molar-refractivity contribution is -0.917. The highest BCUT2D eigenvalue weighted by Crippen LogP contribution is 2.24. The number of benzene rings is 2. The first-order valence-electron chi connectivity index (χ1n) is 8.64. The van der Waals surface area contributed by atoms with Gasteiger partial charge in [-0.25, -0.2) is 8.42 Å². The van der Waals surface area contributed by atoms with Crippen molar-refractivity contribution in [2.45, 2.75) is 11.4 Å². The van der Waals surface area contributed by atoms with E-state index < -0.39 is 10.0 Å². The van der Waals surface area contributed by atoms with Crippen LogP contribution >= 0.6 is 0 Å². The molecule has 0 amide bonds. The van der Waals surface area contributed by atoms with Crippen molar-refractivity contribution in [2.75, 3.05) is 40.4 Å². The number of ether oxygens (including phenoxy) is 2. The van der Waals surface area contributed by atoms with Crippen molar-refractivity contribution >= 4 is 10.0 Å². The maximum Gasteiger partial charge on any atom is 0.243 e. The van der Waals surface area contributed by atoms with E-state index in [1.807, 2.05) is 24.3 Å². The summed E-state index contributed by atoms with van der Waals surface area (Å²) in [6.07, 6.45) is 0. The number of quaternary nitrogens is 1. The standard InChI is InChI=1S/C19H24N2O4S/c1-24-17-9-8-16(19(14-17)25-2)15-20-10-12-21(13-11-20)26(22,23)18-6-4-3-5-7-18/h3-9,14H,10-13,15H2,1-2H3/p+1. The van der Waals surface area contributed by atoms with Crippen LogP contribution in [0.1, 0.15) is 5.56 Å². The van der Waals surface area contributed by atoms with Gasteiger partial charge in [0.25, 0.3) is 0 Å². The molecule has 7 heteroatoms. The molecule has 1 aliphatic heterocycles. The molecule has 1 fully saturated rings. The Morgan fingerprint density at radius 3 is 2.31 bits per heavy atom. The fourth-order valence-electron chi connectivity index (χ4n) is 3.23. The quantitative estimate of drug-likeness (QED) is 0.809. The average molecular weight is 377 g/mol. The first-order chi connectivity index (χ1) is 12.5. The first-order valence-corrected chi connectivity index (χ1v) is 10.1. The summed E-state index contributed by atoms with van der Waals surface area (Å²) in [4.78, 5) is 1.70. The van der Waals surface area contributed by atoms with Gasteiger partial charge in [-0.3, -0.25) is 0 Å². The minimum absolute atomic E-state index is 0.361. The third-order valence-electron chi connectivity index (χ3n) is 4.75. The molecule has 2 aromatic rings. The van der Waals surface area contributed by atoms with Crippen LogP contribution in [0.2, 0.25) is 0 Å². The van der Waals surface area contributed by atoms with Gasteiger partial charge >= 0.3 is 0 Å². The largest absolute Gasteiger partial charge is 0.497 e. The number of hydrogen-bond acceptors (Lipinski definition) is 4. The van der Waals surface area contributed by atoms with Crippen molar-refractivity contribution in [1.82, 2.24) is 4.31 Å². The maximum absolute atomic E-state index is 12.7. The summed E-state index contributed by atoms with van der Waals surface area (Å²) in [6.45, 7) is 3.37. The topological polar surface area (TPSA) is 60.3 Å². The van der Waals surface area contributed by atoms with Gasteiger partial charge in [-0.05, 0) is 24.3 Å². The van der Waals surface area contributed by atoms with Gasteiger partial charge in [-0.15, -0.1) is 0 Å². The molecule has 26 heavy (non-hydrogen) atoms. The summed E-state index contributed by atoms with van der Waals surface area (Å²) >= 11 is 0. The molecule has 0 aliphatic carbocycles. The predicted molar refractivity (Wildman–Crippen MR) is 99.1 cm³/mol. The normalized spacial score (nSPS) is 16.4. The zero-order valence-corrected chi connectivity index (χ0v) is 16.0. The van der Waals surface area contributed by atoms with E-state index in [4.69, 9.17) is 9.47 Å². The second-order valence-electron chi connectivity index (χ2n) is 6.32. The van der Waals surface area contributed by atoms with Crippen molar-refractivity contribution < 1.29 is 22.8 Å². The van der Waals surface area contributed by atoms with Crippen LogP contribution in [-0.4, -0.2) is 53.1 Å². The summed E-state index contributed by atoms with van der Waals surface area (Å²) < 4.78 is 37.7. The van der Waals surface area contributed by atoms with Gasteiger partial charge < -0.3 is 14.4 Å². The smallest absolute Gasteiger partial charge is 0.243 e. The lowest BCUT2D eigenvalue weighted by atomic mass is 10.1. The summed E-state index contributed by atoms with van der Waals surface area (Å²) in [7, 11) is -0.120. The fourth-order valence-corrected chi connectivity index (χ4v) is 4.69. The van der Waals surface area contributed by atoms with Crippen molar-refractivity contribution in [3.63, 3.8) is 0 Å². The minimum atomic E-state index is -3.40. The number of nitrogens with zero attached hydrogens (tertiary/aromatic N) is 1. The Morgan fingerprint density at radius 1 is 1.00 bits per heavy atom. The zero-order valence-electron chi connectivity index (χ0n) is 15.1. The van der Waals surface area contributed by atoms with E-state index in [2.05, 4.69) is 0 Å². The zero-order chi connectivity index (χ0) is 18.6. The second-order valence-corrected chi connectivity index (χ2v) is 8.26. The number of hydrogen-bond donors (Lipinski definition) is 1. The van der Waals surface area contributed by atoms with Crippen LogP contribution in [0.3, 0.4) is 0 Å².